The van der Waals surface area contributed by atoms with Gasteiger partial charge in [0.05, 0.1) is 11.3 Å². The van der Waals surface area contributed by atoms with Crippen molar-refractivity contribution in [3.05, 3.63) is 18.2 Å². The van der Waals surface area contributed by atoms with E-state index in [0.29, 0.717) is 16.8 Å². The Morgan fingerprint density at radius 1 is 1.32 bits per heavy atom. The van der Waals surface area contributed by atoms with Crippen LogP contribution in [0.1, 0.15) is 34.6 Å². The van der Waals surface area contributed by atoms with E-state index in [0.717, 1.165) is 0 Å². The summed E-state index contributed by atoms with van der Waals surface area (Å²) < 4.78 is 5.43. The summed E-state index contributed by atoms with van der Waals surface area (Å²) >= 11 is 0. The van der Waals surface area contributed by atoms with Crippen molar-refractivity contribution in [3.8, 4) is 0 Å². The molecule has 0 aliphatic rings. The highest BCUT2D eigenvalue weighted by Gasteiger charge is 2.37. The van der Waals surface area contributed by atoms with Crippen molar-refractivity contribution in [1.29, 1.82) is 0 Å². The number of aromatic nitrogens is 1. The van der Waals surface area contributed by atoms with Crippen molar-refractivity contribution >= 4 is 28.7 Å². The number of fused-ring (bicyclic) bond motifs is 1. The van der Waals surface area contributed by atoms with Crippen molar-refractivity contribution in [3.63, 3.8) is 0 Å². The van der Waals surface area contributed by atoms with Crippen molar-refractivity contribution in [1.82, 2.24) is 4.98 Å². The van der Waals surface area contributed by atoms with Crippen LogP contribution in [0.2, 0.25) is 0 Å². The number of anilines is 2. The van der Waals surface area contributed by atoms with E-state index in [1.807, 2.05) is 0 Å². The lowest BCUT2D eigenvalue weighted by Gasteiger charge is -2.36. The van der Waals surface area contributed by atoms with Crippen LogP contribution in [0, 0.1) is 0 Å². The molecule has 2 rings (SSSR count). The zero-order valence-corrected chi connectivity index (χ0v) is 13.4. The second-order valence-corrected chi connectivity index (χ2v) is 6.16. The smallest absolute Gasteiger partial charge is 0.302 e. The summed E-state index contributed by atoms with van der Waals surface area (Å²) in [6.45, 7) is 8.29. The predicted octanol–water partition coefficient (Wildman–Crippen LogP) is 2.68. The van der Waals surface area contributed by atoms with Gasteiger partial charge in [-0.1, -0.05) is 0 Å². The third-order valence-electron chi connectivity index (χ3n) is 3.57. The SMILES string of the molecule is CC(=O)Nc1nc2ccc(NOC(C)(C)C(C)(C)O)cc2o1. The Kier molecular flexibility index (Phi) is 4.12. The fourth-order valence-electron chi connectivity index (χ4n) is 1.50. The van der Waals surface area contributed by atoms with Crippen molar-refractivity contribution < 1.29 is 19.2 Å². The van der Waals surface area contributed by atoms with E-state index in [1.165, 1.54) is 6.92 Å². The van der Waals surface area contributed by atoms with E-state index in [1.54, 1.807) is 45.9 Å². The van der Waals surface area contributed by atoms with Crippen molar-refractivity contribution in [2.45, 2.75) is 45.8 Å². The van der Waals surface area contributed by atoms with Gasteiger partial charge in [0.2, 0.25) is 5.91 Å². The summed E-state index contributed by atoms with van der Waals surface area (Å²) in [6, 6.07) is 5.36. The molecule has 1 aromatic carbocycles. The lowest BCUT2D eigenvalue weighted by Crippen LogP contribution is -2.48. The molecule has 0 saturated heterocycles. The van der Waals surface area contributed by atoms with Crippen LogP contribution < -0.4 is 10.8 Å². The number of benzene rings is 1. The molecule has 0 fully saturated rings. The minimum Gasteiger partial charge on any atom is -0.423 e. The fraction of sp³-hybridized carbons (Fsp3) is 0.467. The Balaban J connectivity index is 2.14. The number of carbonyl (C=O) groups is 1. The van der Waals surface area contributed by atoms with Gasteiger partial charge in [-0.15, -0.1) is 0 Å². The Bertz CT molecular complexity index is 686. The van der Waals surface area contributed by atoms with Crippen LogP contribution in [-0.4, -0.2) is 27.2 Å². The molecule has 1 amide bonds. The van der Waals surface area contributed by atoms with Crippen LogP contribution in [0.25, 0.3) is 11.1 Å². The average molecular weight is 307 g/mol. The van der Waals surface area contributed by atoms with Gasteiger partial charge in [-0.3, -0.25) is 20.4 Å². The number of rotatable bonds is 5. The van der Waals surface area contributed by atoms with Gasteiger partial charge in [0.15, 0.2) is 5.58 Å². The standard InChI is InChI=1S/C15H21N3O4/c1-9(19)16-13-17-11-7-6-10(8-12(11)21-13)18-22-15(4,5)14(2,3)20/h6-8,18,20H,1-5H3,(H,16,17,19). The number of nitrogens with zero attached hydrogens (tertiary/aromatic N) is 1. The predicted molar refractivity (Wildman–Crippen MR) is 83.4 cm³/mol. The Morgan fingerprint density at radius 2 is 2.00 bits per heavy atom. The third-order valence-corrected chi connectivity index (χ3v) is 3.57. The first kappa shape index (κ1) is 16.3. The van der Waals surface area contributed by atoms with Crippen LogP contribution in [0.5, 0.6) is 0 Å². The second kappa shape index (κ2) is 5.58. The molecule has 22 heavy (non-hydrogen) atoms. The normalized spacial score (nSPS) is 12.5. The lowest BCUT2D eigenvalue weighted by atomic mass is 9.90. The van der Waals surface area contributed by atoms with E-state index in [9.17, 15) is 9.90 Å². The first-order chi connectivity index (χ1) is 10.1. The molecule has 0 spiro atoms. The maximum atomic E-state index is 11.0. The van der Waals surface area contributed by atoms with Gasteiger partial charge in [-0.05, 0) is 39.8 Å². The molecule has 0 aliphatic carbocycles. The molecule has 7 heteroatoms. The zero-order valence-electron chi connectivity index (χ0n) is 13.4. The molecular weight excluding hydrogens is 286 g/mol. The quantitative estimate of drug-likeness (QED) is 0.735. The van der Waals surface area contributed by atoms with Crippen LogP contribution in [0.15, 0.2) is 22.6 Å². The van der Waals surface area contributed by atoms with E-state index in [2.05, 4.69) is 15.8 Å². The fourth-order valence-corrected chi connectivity index (χ4v) is 1.50. The Labute approximate surface area is 128 Å². The van der Waals surface area contributed by atoms with Gasteiger partial charge in [0.1, 0.15) is 11.1 Å². The van der Waals surface area contributed by atoms with Gasteiger partial charge in [0, 0.05) is 13.0 Å². The molecule has 1 heterocycles. The largest absolute Gasteiger partial charge is 0.423 e. The van der Waals surface area contributed by atoms with Gasteiger partial charge in [-0.25, -0.2) is 0 Å². The molecule has 1 aromatic heterocycles. The van der Waals surface area contributed by atoms with E-state index in [-0.39, 0.29) is 11.9 Å². The molecule has 2 aromatic rings. The number of amides is 1. The number of hydrogen-bond acceptors (Lipinski definition) is 6. The molecule has 0 saturated carbocycles. The van der Waals surface area contributed by atoms with E-state index in [4.69, 9.17) is 9.25 Å². The number of aliphatic hydroxyl groups is 1. The molecule has 0 aliphatic heterocycles. The molecule has 3 N–H and O–H groups in total. The highest BCUT2D eigenvalue weighted by atomic mass is 16.7. The molecule has 0 bridgehead atoms. The van der Waals surface area contributed by atoms with Crippen molar-refractivity contribution in [2.24, 2.45) is 0 Å². The lowest BCUT2D eigenvalue weighted by molar-refractivity contribution is -0.130. The Morgan fingerprint density at radius 3 is 2.59 bits per heavy atom. The molecule has 0 atom stereocenters. The number of hydrogen-bond donors (Lipinski definition) is 3. The zero-order chi connectivity index (χ0) is 16.5. The molecule has 120 valence electrons. The summed E-state index contributed by atoms with van der Waals surface area (Å²) in [7, 11) is 0. The van der Waals surface area contributed by atoms with E-state index < -0.39 is 11.2 Å². The van der Waals surface area contributed by atoms with Crippen molar-refractivity contribution in [2.75, 3.05) is 10.8 Å². The first-order valence-corrected chi connectivity index (χ1v) is 6.93. The highest BCUT2D eigenvalue weighted by Crippen LogP contribution is 2.27. The summed E-state index contributed by atoms with van der Waals surface area (Å²) in [5.74, 6) is -0.250. The van der Waals surface area contributed by atoms with Gasteiger partial charge < -0.3 is 9.52 Å². The second-order valence-electron chi connectivity index (χ2n) is 6.16. The third kappa shape index (κ3) is 3.55. The number of carbonyl (C=O) groups excluding carboxylic acids is 1. The summed E-state index contributed by atoms with van der Waals surface area (Å²) in [5.41, 5.74) is 2.76. The summed E-state index contributed by atoms with van der Waals surface area (Å²) in [5, 5.41) is 12.5. The summed E-state index contributed by atoms with van der Waals surface area (Å²) in [6.07, 6.45) is 0. The molecule has 7 nitrogen and oxygen atoms in total. The first-order valence-electron chi connectivity index (χ1n) is 6.93. The maximum absolute atomic E-state index is 11.0. The van der Waals surface area contributed by atoms with Gasteiger partial charge >= 0.3 is 6.01 Å². The topological polar surface area (TPSA) is 96.6 Å². The molecular formula is C15H21N3O4. The monoisotopic (exact) mass is 307 g/mol. The maximum Gasteiger partial charge on any atom is 0.302 e. The molecule has 0 radical (unpaired) electrons. The van der Waals surface area contributed by atoms with Crippen LogP contribution in [0.3, 0.4) is 0 Å². The van der Waals surface area contributed by atoms with Crippen LogP contribution in [0.4, 0.5) is 11.7 Å². The average Bonchev–Trinajstić information content (AvgIpc) is 2.75. The summed E-state index contributed by atoms with van der Waals surface area (Å²) in [4.78, 5) is 20.7. The minimum absolute atomic E-state index is 0.150. The van der Waals surface area contributed by atoms with Crippen LogP contribution in [-0.2, 0) is 9.63 Å². The van der Waals surface area contributed by atoms with E-state index >= 15 is 0 Å². The molecule has 0 unspecified atom stereocenters. The highest BCUT2D eigenvalue weighted by molar-refractivity contribution is 5.88. The van der Waals surface area contributed by atoms with Crippen LogP contribution >= 0.6 is 0 Å². The minimum atomic E-state index is -1.02. The Hall–Kier alpha value is -2.12. The number of oxazole rings is 1. The number of nitrogens with one attached hydrogen (secondary N) is 2. The van der Waals surface area contributed by atoms with Gasteiger partial charge in [-0.2, -0.15) is 4.98 Å². The van der Waals surface area contributed by atoms with Gasteiger partial charge in [0.25, 0.3) is 0 Å².